The van der Waals surface area contributed by atoms with E-state index in [1.165, 1.54) is 0 Å². The van der Waals surface area contributed by atoms with Crippen molar-refractivity contribution >= 4 is 21.7 Å². The lowest BCUT2D eigenvalue weighted by Crippen LogP contribution is -2.49. The lowest BCUT2D eigenvalue weighted by Gasteiger charge is -2.28. The normalized spacial score (nSPS) is 17.6. The molecule has 0 unspecified atom stereocenters. The van der Waals surface area contributed by atoms with Crippen molar-refractivity contribution in [1.82, 2.24) is 5.32 Å². The van der Waals surface area contributed by atoms with Crippen molar-refractivity contribution in [3.05, 3.63) is 0 Å². The summed E-state index contributed by atoms with van der Waals surface area (Å²) in [4.78, 5) is 22.9. The van der Waals surface area contributed by atoms with Gasteiger partial charge in [0.2, 0.25) is 5.91 Å². The number of rotatable bonds is 9. The highest BCUT2D eigenvalue weighted by Gasteiger charge is 2.38. The van der Waals surface area contributed by atoms with Gasteiger partial charge in [-0.15, -0.1) is 0 Å². The summed E-state index contributed by atoms with van der Waals surface area (Å²) >= 11 is 0. The molecule has 2 N–H and O–H groups in total. The first-order valence-corrected chi connectivity index (χ1v) is 9.34. The Hall–Kier alpha value is -1.11. The molecule has 1 rings (SSSR count). The number of amides is 1. The Labute approximate surface area is 126 Å². The summed E-state index contributed by atoms with van der Waals surface area (Å²) in [5.74, 6) is -2.07. The molecule has 0 aromatic rings. The van der Waals surface area contributed by atoms with Gasteiger partial charge in [-0.3, -0.25) is 9.59 Å². The van der Waals surface area contributed by atoms with E-state index < -0.39 is 33.0 Å². The highest BCUT2D eigenvalue weighted by molar-refractivity contribution is 7.92. The fraction of sp³-hybridized carbons (Fsp3) is 0.857. The fourth-order valence-corrected chi connectivity index (χ4v) is 4.12. The second kappa shape index (κ2) is 7.77. The van der Waals surface area contributed by atoms with Gasteiger partial charge >= 0.3 is 5.97 Å². The van der Waals surface area contributed by atoms with Crippen LogP contribution >= 0.6 is 0 Å². The smallest absolute Gasteiger partial charge is 0.305 e. The number of hydrogen-bond donors (Lipinski definition) is 2. The molecule has 0 radical (unpaired) electrons. The van der Waals surface area contributed by atoms with Crippen LogP contribution in [0.5, 0.6) is 0 Å². The first-order valence-electron chi connectivity index (χ1n) is 7.52. The minimum absolute atomic E-state index is 0.0141. The van der Waals surface area contributed by atoms with E-state index in [0.29, 0.717) is 19.3 Å². The Morgan fingerprint density at radius 3 is 2.33 bits per heavy atom. The molecule has 0 aliphatic heterocycles. The molecule has 1 fully saturated rings. The molecule has 1 saturated carbocycles. The van der Waals surface area contributed by atoms with Crippen LogP contribution < -0.4 is 5.32 Å². The highest BCUT2D eigenvalue weighted by atomic mass is 32.2. The summed E-state index contributed by atoms with van der Waals surface area (Å²) in [6.07, 6.45) is 5.07. The van der Waals surface area contributed by atoms with E-state index in [0.717, 1.165) is 25.7 Å². The van der Waals surface area contributed by atoms with E-state index in [-0.39, 0.29) is 12.2 Å². The Kier molecular flexibility index (Phi) is 6.64. The predicted octanol–water partition coefficient (Wildman–Crippen LogP) is 1.50. The fourth-order valence-electron chi connectivity index (χ4n) is 2.86. The van der Waals surface area contributed by atoms with Gasteiger partial charge in [-0.2, -0.15) is 0 Å². The Bertz CT molecular complexity index is 466. The molecule has 0 spiro atoms. The topological polar surface area (TPSA) is 101 Å². The number of unbranched alkanes of at least 4 members (excludes halogenated alkanes) is 2. The molecule has 1 aliphatic carbocycles. The van der Waals surface area contributed by atoms with Gasteiger partial charge in [0.25, 0.3) is 0 Å². The van der Waals surface area contributed by atoms with Crippen molar-refractivity contribution in [3.8, 4) is 0 Å². The highest BCUT2D eigenvalue weighted by Crippen LogP contribution is 2.32. The summed E-state index contributed by atoms with van der Waals surface area (Å²) in [6, 6.07) is 0. The van der Waals surface area contributed by atoms with Crippen molar-refractivity contribution in [2.24, 2.45) is 0 Å². The van der Waals surface area contributed by atoms with E-state index in [1.54, 1.807) is 0 Å². The summed E-state index contributed by atoms with van der Waals surface area (Å²) in [5, 5.41) is 11.6. The Morgan fingerprint density at radius 1 is 1.19 bits per heavy atom. The van der Waals surface area contributed by atoms with Crippen molar-refractivity contribution in [3.63, 3.8) is 0 Å². The van der Waals surface area contributed by atoms with Gasteiger partial charge in [-0.05, 0) is 19.3 Å². The first kappa shape index (κ1) is 17.9. The van der Waals surface area contributed by atoms with Crippen LogP contribution in [0.1, 0.15) is 58.3 Å². The Balaban J connectivity index is 2.56. The van der Waals surface area contributed by atoms with E-state index >= 15 is 0 Å². The lowest BCUT2D eigenvalue weighted by atomic mass is 9.93. The number of carboxylic acid groups (broad SMARTS) is 1. The second-order valence-corrected chi connectivity index (χ2v) is 8.09. The lowest BCUT2D eigenvalue weighted by molar-refractivity contribution is -0.139. The van der Waals surface area contributed by atoms with Crippen LogP contribution in [-0.2, 0) is 19.4 Å². The molecule has 1 amide bonds. The molecule has 7 heteroatoms. The van der Waals surface area contributed by atoms with E-state index in [2.05, 4.69) is 5.32 Å². The van der Waals surface area contributed by atoms with Gasteiger partial charge in [0, 0.05) is 0 Å². The second-order valence-electron chi connectivity index (χ2n) is 5.91. The van der Waals surface area contributed by atoms with Crippen LogP contribution in [0.25, 0.3) is 0 Å². The van der Waals surface area contributed by atoms with Gasteiger partial charge in [-0.1, -0.05) is 32.6 Å². The van der Waals surface area contributed by atoms with Crippen LogP contribution in [0.3, 0.4) is 0 Å². The SMILES string of the molecule is CCCCCS(=O)(=O)CC(=O)NC1(CC(=O)O)CCCC1. The van der Waals surface area contributed by atoms with Crippen LogP contribution in [-0.4, -0.2) is 42.4 Å². The zero-order valence-electron chi connectivity index (χ0n) is 12.6. The van der Waals surface area contributed by atoms with Crippen LogP contribution in [0.15, 0.2) is 0 Å². The molecule has 122 valence electrons. The molecule has 21 heavy (non-hydrogen) atoms. The van der Waals surface area contributed by atoms with Gasteiger partial charge in [0.15, 0.2) is 9.84 Å². The van der Waals surface area contributed by atoms with Crippen LogP contribution in [0.2, 0.25) is 0 Å². The van der Waals surface area contributed by atoms with Crippen LogP contribution in [0, 0.1) is 0 Å². The average Bonchev–Trinajstić information content (AvgIpc) is 2.75. The summed E-state index contributed by atoms with van der Waals surface area (Å²) < 4.78 is 23.7. The van der Waals surface area contributed by atoms with Crippen molar-refractivity contribution in [2.75, 3.05) is 11.5 Å². The number of aliphatic carboxylic acids is 1. The maximum Gasteiger partial charge on any atom is 0.305 e. The third-order valence-electron chi connectivity index (χ3n) is 3.86. The van der Waals surface area contributed by atoms with Crippen molar-refractivity contribution < 1.29 is 23.1 Å². The molecular formula is C14H25NO5S. The van der Waals surface area contributed by atoms with E-state index in [9.17, 15) is 18.0 Å². The third-order valence-corrected chi connectivity index (χ3v) is 5.48. The summed E-state index contributed by atoms with van der Waals surface area (Å²) in [7, 11) is -3.41. The molecule has 0 saturated heterocycles. The number of hydrogen-bond acceptors (Lipinski definition) is 4. The number of sulfone groups is 1. The molecule has 0 aromatic carbocycles. The quantitative estimate of drug-likeness (QED) is 0.627. The zero-order chi connectivity index (χ0) is 15.9. The predicted molar refractivity (Wildman–Crippen MR) is 79.8 cm³/mol. The maximum absolute atomic E-state index is 12.0. The minimum atomic E-state index is -3.41. The monoisotopic (exact) mass is 319 g/mol. The van der Waals surface area contributed by atoms with Crippen molar-refractivity contribution in [1.29, 1.82) is 0 Å². The molecule has 6 nitrogen and oxygen atoms in total. The summed E-state index contributed by atoms with van der Waals surface area (Å²) in [5.41, 5.74) is -0.762. The summed E-state index contributed by atoms with van der Waals surface area (Å²) in [6.45, 7) is 1.98. The standard InChI is InChI=1S/C14H25NO5S/c1-2-3-6-9-21(19,20)11-12(16)15-14(10-13(17)18)7-4-5-8-14/h2-11H2,1H3,(H,15,16)(H,17,18). The zero-order valence-corrected chi connectivity index (χ0v) is 13.4. The number of carbonyl (C=O) groups is 2. The molecule has 1 aliphatic rings. The van der Waals surface area contributed by atoms with E-state index in [1.807, 2.05) is 6.92 Å². The van der Waals surface area contributed by atoms with E-state index in [4.69, 9.17) is 5.11 Å². The van der Waals surface area contributed by atoms with Crippen LogP contribution in [0.4, 0.5) is 0 Å². The van der Waals surface area contributed by atoms with Gasteiger partial charge in [0.05, 0.1) is 17.7 Å². The Morgan fingerprint density at radius 2 is 1.81 bits per heavy atom. The molecule has 0 atom stereocenters. The van der Waals surface area contributed by atoms with Crippen molar-refractivity contribution in [2.45, 2.75) is 63.8 Å². The van der Waals surface area contributed by atoms with Gasteiger partial charge < -0.3 is 10.4 Å². The molecule has 0 aromatic heterocycles. The van der Waals surface area contributed by atoms with Gasteiger partial charge in [0.1, 0.15) is 5.75 Å². The first-order chi connectivity index (χ1) is 9.79. The van der Waals surface area contributed by atoms with Gasteiger partial charge in [-0.25, -0.2) is 8.42 Å². The molecule has 0 bridgehead atoms. The number of nitrogens with one attached hydrogen (secondary N) is 1. The molecular weight excluding hydrogens is 294 g/mol. The number of carbonyl (C=O) groups excluding carboxylic acids is 1. The third kappa shape index (κ3) is 6.46. The number of carboxylic acids is 1. The average molecular weight is 319 g/mol. The largest absolute Gasteiger partial charge is 0.481 e. The maximum atomic E-state index is 12.0. The minimum Gasteiger partial charge on any atom is -0.481 e. The molecule has 0 heterocycles.